The Morgan fingerprint density at radius 1 is 1.20 bits per heavy atom. The van der Waals surface area contributed by atoms with Gasteiger partial charge in [-0.1, -0.05) is 46.3 Å². The summed E-state index contributed by atoms with van der Waals surface area (Å²) < 4.78 is 6.59. The minimum Gasteiger partial charge on any atom is -0.492 e. The number of hydrogen-bond acceptors (Lipinski definition) is 2. The highest BCUT2D eigenvalue weighted by Gasteiger charge is 2.11. The summed E-state index contributed by atoms with van der Waals surface area (Å²) in [6.45, 7) is 0.537. The van der Waals surface area contributed by atoms with Crippen molar-refractivity contribution in [2.45, 2.75) is 6.42 Å². The van der Waals surface area contributed by atoms with E-state index in [1.54, 1.807) is 19.2 Å². The van der Waals surface area contributed by atoms with Gasteiger partial charge in [-0.05, 0) is 23.8 Å². The Kier molecular flexibility index (Phi) is 5.18. The number of halogens is 1. The molecule has 1 N–H and O–H groups in total. The van der Waals surface area contributed by atoms with E-state index in [-0.39, 0.29) is 5.91 Å². The topological polar surface area (TPSA) is 38.3 Å². The fraction of sp³-hybridized carbons (Fsp3) is 0.188. The summed E-state index contributed by atoms with van der Waals surface area (Å²) in [5.41, 5.74) is 1.75. The molecule has 1 amide bonds. The molecule has 0 heterocycles. The van der Waals surface area contributed by atoms with Gasteiger partial charge < -0.3 is 10.1 Å². The summed E-state index contributed by atoms with van der Waals surface area (Å²) in [5.74, 6) is 0.449. The van der Waals surface area contributed by atoms with E-state index in [9.17, 15) is 4.79 Å². The molecule has 4 heteroatoms. The zero-order valence-corrected chi connectivity index (χ0v) is 12.8. The van der Waals surface area contributed by atoms with Crippen LogP contribution >= 0.6 is 15.9 Å². The number of nitrogens with one attached hydrogen (secondary N) is 1. The number of benzene rings is 2. The van der Waals surface area contributed by atoms with E-state index in [2.05, 4.69) is 33.4 Å². The molecular weight excluding hydrogens is 318 g/mol. The van der Waals surface area contributed by atoms with Gasteiger partial charge in [-0.25, -0.2) is 0 Å². The molecule has 0 aromatic heterocycles. The second-order valence-electron chi connectivity index (χ2n) is 4.30. The highest BCUT2D eigenvalue weighted by molar-refractivity contribution is 9.10. The Morgan fingerprint density at radius 3 is 2.65 bits per heavy atom. The molecule has 0 aliphatic rings. The molecule has 0 aliphatic carbocycles. The van der Waals surface area contributed by atoms with E-state index in [4.69, 9.17) is 4.74 Å². The lowest BCUT2D eigenvalue weighted by Crippen LogP contribution is -2.19. The first-order chi connectivity index (χ1) is 9.70. The van der Waals surface area contributed by atoms with Crippen molar-refractivity contribution in [3.63, 3.8) is 0 Å². The minimum atomic E-state index is -0.152. The zero-order chi connectivity index (χ0) is 14.4. The van der Waals surface area contributed by atoms with Crippen LogP contribution < -0.4 is 10.1 Å². The summed E-state index contributed by atoms with van der Waals surface area (Å²) in [6, 6.07) is 15.6. The summed E-state index contributed by atoms with van der Waals surface area (Å²) in [7, 11) is 1.61. The quantitative estimate of drug-likeness (QED) is 0.910. The average Bonchev–Trinajstić information content (AvgIpc) is 2.49. The van der Waals surface area contributed by atoms with Crippen LogP contribution in [0.4, 0.5) is 0 Å². The van der Waals surface area contributed by atoms with E-state index < -0.39 is 0 Å². The molecule has 2 aromatic rings. The van der Waals surface area contributed by atoms with Crippen molar-refractivity contribution >= 4 is 21.8 Å². The molecule has 3 nitrogen and oxygen atoms in total. The summed E-state index contributed by atoms with van der Waals surface area (Å²) in [4.78, 5) is 11.8. The maximum atomic E-state index is 11.8. The molecule has 0 atom stereocenters. The van der Waals surface area contributed by atoms with Gasteiger partial charge in [0.25, 0.3) is 5.91 Å². The molecule has 0 bridgehead atoms. The van der Waals surface area contributed by atoms with Crippen molar-refractivity contribution in [2.24, 2.45) is 0 Å². The largest absolute Gasteiger partial charge is 0.492 e. The van der Waals surface area contributed by atoms with Crippen LogP contribution in [-0.2, 0) is 6.42 Å². The zero-order valence-electron chi connectivity index (χ0n) is 11.2. The SMILES string of the molecule is CNC(=O)c1cc(Br)ccc1OCCc1ccccc1. The van der Waals surface area contributed by atoms with Crippen LogP contribution in [-0.4, -0.2) is 19.6 Å². The van der Waals surface area contributed by atoms with Gasteiger partial charge in [0, 0.05) is 17.9 Å². The normalized spacial score (nSPS) is 10.1. The Balaban J connectivity index is 2.04. The Bertz CT molecular complexity index is 584. The first-order valence-electron chi connectivity index (χ1n) is 6.39. The third-order valence-corrected chi connectivity index (χ3v) is 3.40. The van der Waals surface area contributed by atoms with Gasteiger partial charge in [0.2, 0.25) is 0 Å². The molecule has 0 fully saturated rings. The van der Waals surface area contributed by atoms with Crippen molar-refractivity contribution in [3.05, 3.63) is 64.1 Å². The lowest BCUT2D eigenvalue weighted by Gasteiger charge is -2.11. The predicted octanol–water partition coefficient (Wildman–Crippen LogP) is 3.43. The Hall–Kier alpha value is -1.81. The molecule has 0 saturated heterocycles. The molecule has 104 valence electrons. The molecule has 0 unspecified atom stereocenters. The molecule has 0 aliphatic heterocycles. The molecule has 2 rings (SSSR count). The van der Waals surface area contributed by atoms with Crippen molar-refractivity contribution < 1.29 is 9.53 Å². The maximum Gasteiger partial charge on any atom is 0.254 e. The summed E-state index contributed by atoms with van der Waals surface area (Å²) >= 11 is 3.36. The van der Waals surface area contributed by atoms with E-state index in [1.807, 2.05) is 24.3 Å². The van der Waals surface area contributed by atoms with Gasteiger partial charge in [-0.3, -0.25) is 4.79 Å². The first-order valence-corrected chi connectivity index (χ1v) is 7.18. The average molecular weight is 334 g/mol. The highest BCUT2D eigenvalue weighted by atomic mass is 79.9. The number of rotatable bonds is 5. The second-order valence-corrected chi connectivity index (χ2v) is 5.22. The number of carbonyl (C=O) groups is 1. The lowest BCUT2D eigenvalue weighted by atomic mass is 10.1. The second kappa shape index (κ2) is 7.10. The molecule has 0 saturated carbocycles. The van der Waals surface area contributed by atoms with Gasteiger partial charge in [0.1, 0.15) is 5.75 Å². The third kappa shape index (κ3) is 3.84. The van der Waals surface area contributed by atoms with Crippen molar-refractivity contribution in [1.29, 1.82) is 0 Å². The van der Waals surface area contributed by atoms with E-state index in [0.717, 1.165) is 10.9 Å². The van der Waals surface area contributed by atoms with E-state index in [0.29, 0.717) is 17.9 Å². The van der Waals surface area contributed by atoms with Gasteiger partial charge in [0.15, 0.2) is 0 Å². The first kappa shape index (κ1) is 14.6. The summed E-state index contributed by atoms with van der Waals surface area (Å²) in [6.07, 6.45) is 0.810. The standard InChI is InChI=1S/C16H16BrNO2/c1-18-16(19)14-11-13(17)7-8-15(14)20-10-9-12-5-3-2-4-6-12/h2-8,11H,9-10H2,1H3,(H,18,19). The number of carbonyl (C=O) groups excluding carboxylic acids is 1. The van der Waals surface area contributed by atoms with Crippen LogP contribution in [0.3, 0.4) is 0 Å². The summed E-state index contributed by atoms with van der Waals surface area (Å²) in [5, 5.41) is 2.62. The van der Waals surface area contributed by atoms with Crippen LogP contribution in [0.5, 0.6) is 5.75 Å². The Labute approximate surface area is 127 Å². The fourth-order valence-corrected chi connectivity index (χ4v) is 2.22. The van der Waals surface area contributed by atoms with E-state index >= 15 is 0 Å². The molecule has 0 radical (unpaired) electrons. The van der Waals surface area contributed by atoms with Crippen LogP contribution in [0.1, 0.15) is 15.9 Å². The van der Waals surface area contributed by atoms with Gasteiger partial charge in [0.05, 0.1) is 12.2 Å². The van der Waals surface area contributed by atoms with Gasteiger partial charge in [-0.2, -0.15) is 0 Å². The third-order valence-electron chi connectivity index (χ3n) is 2.90. The maximum absolute atomic E-state index is 11.8. The lowest BCUT2D eigenvalue weighted by molar-refractivity contribution is 0.0959. The predicted molar refractivity (Wildman–Crippen MR) is 83.2 cm³/mol. The van der Waals surface area contributed by atoms with Gasteiger partial charge in [-0.15, -0.1) is 0 Å². The van der Waals surface area contributed by atoms with Crippen LogP contribution in [0, 0.1) is 0 Å². The van der Waals surface area contributed by atoms with Crippen molar-refractivity contribution in [1.82, 2.24) is 5.32 Å². The fourth-order valence-electron chi connectivity index (χ4n) is 1.86. The molecule has 20 heavy (non-hydrogen) atoms. The molecule has 2 aromatic carbocycles. The van der Waals surface area contributed by atoms with Gasteiger partial charge >= 0.3 is 0 Å². The van der Waals surface area contributed by atoms with Crippen molar-refractivity contribution in [3.8, 4) is 5.75 Å². The van der Waals surface area contributed by atoms with Crippen LogP contribution in [0.15, 0.2) is 53.0 Å². The van der Waals surface area contributed by atoms with Crippen LogP contribution in [0.25, 0.3) is 0 Å². The Morgan fingerprint density at radius 2 is 1.95 bits per heavy atom. The number of amides is 1. The van der Waals surface area contributed by atoms with Crippen LogP contribution in [0.2, 0.25) is 0 Å². The highest BCUT2D eigenvalue weighted by Crippen LogP contribution is 2.23. The van der Waals surface area contributed by atoms with E-state index in [1.165, 1.54) is 5.56 Å². The number of hydrogen-bond donors (Lipinski definition) is 1. The minimum absolute atomic E-state index is 0.152. The monoisotopic (exact) mass is 333 g/mol. The smallest absolute Gasteiger partial charge is 0.254 e. The number of ether oxygens (including phenoxy) is 1. The molecule has 0 spiro atoms. The van der Waals surface area contributed by atoms with Crippen molar-refractivity contribution in [2.75, 3.05) is 13.7 Å². The molecular formula is C16H16BrNO2.